The third-order valence-electron chi connectivity index (χ3n) is 4.59. The Morgan fingerprint density at radius 1 is 1.22 bits per heavy atom. The fourth-order valence-corrected chi connectivity index (χ4v) is 3.13. The Balaban J connectivity index is 1.57. The number of methoxy groups -OCH3 is 1. The molecular weight excluding hydrogens is 347 g/mol. The van der Waals surface area contributed by atoms with Gasteiger partial charge in [-0.25, -0.2) is 4.39 Å². The number of hydrogen-bond acceptors (Lipinski definition) is 5. The zero-order chi connectivity index (χ0) is 19.1. The zero-order valence-corrected chi connectivity index (χ0v) is 15.5. The number of para-hydroxylation sites is 1. The number of rotatable bonds is 7. The average molecular weight is 372 g/mol. The molecular formula is C20H25FN4O2. The van der Waals surface area contributed by atoms with Crippen LogP contribution in [0.1, 0.15) is 16.9 Å². The number of anilines is 2. The molecule has 0 saturated carbocycles. The molecule has 1 amide bonds. The molecule has 1 aliphatic heterocycles. The summed E-state index contributed by atoms with van der Waals surface area (Å²) >= 11 is 0. The first-order valence-electron chi connectivity index (χ1n) is 9.16. The van der Waals surface area contributed by atoms with Crippen LogP contribution in [0.5, 0.6) is 0 Å². The van der Waals surface area contributed by atoms with Crippen LogP contribution < -0.4 is 10.2 Å². The minimum Gasteiger partial charge on any atom is -0.385 e. The molecule has 7 heteroatoms. The van der Waals surface area contributed by atoms with Crippen molar-refractivity contribution in [3.8, 4) is 0 Å². The number of aromatic nitrogens is 1. The summed E-state index contributed by atoms with van der Waals surface area (Å²) in [7, 11) is 1.68. The second-order valence-electron chi connectivity index (χ2n) is 6.43. The molecule has 1 saturated heterocycles. The molecule has 0 unspecified atom stereocenters. The summed E-state index contributed by atoms with van der Waals surface area (Å²) in [4.78, 5) is 20.7. The second kappa shape index (κ2) is 9.32. The summed E-state index contributed by atoms with van der Waals surface area (Å²) < 4.78 is 19.0. The van der Waals surface area contributed by atoms with E-state index in [2.05, 4.69) is 10.3 Å². The molecule has 1 fully saturated rings. The number of carbonyl (C=O) groups excluding carboxylic acids is 1. The first-order valence-corrected chi connectivity index (χ1v) is 9.16. The molecule has 3 rings (SSSR count). The number of halogens is 1. The Hall–Kier alpha value is -2.67. The Bertz CT molecular complexity index is 763. The lowest BCUT2D eigenvalue weighted by molar-refractivity contribution is 0.0741. The van der Waals surface area contributed by atoms with E-state index in [9.17, 15) is 9.18 Å². The molecule has 6 nitrogen and oxygen atoms in total. The maximum Gasteiger partial charge on any atom is 0.272 e. The summed E-state index contributed by atoms with van der Waals surface area (Å²) in [6, 6.07) is 10.4. The van der Waals surface area contributed by atoms with Crippen molar-refractivity contribution >= 4 is 17.3 Å². The predicted molar refractivity (Wildman–Crippen MR) is 104 cm³/mol. The summed E-state index contributed by atoms with van der Waals surface area (Å²) in [6.45, 7) is 3.74. The molecule has 0 atom stereocenters. The molecule has 1 aromatic carbocycles. The number of amides is 1. The van der Waals surface area contributed by atoms with Crippen molar-refractivity contribution in [1.82, 2.24) is 9.88 Å². The maximum atomic E-state index is 13.9. The van der Waals surface area contributed by atoms with Gasteiger partial charge in [-0.1, -0.05) is 12.1 Å². The van der Waals surface area contributed by atoms with Crippen molar-refractivity contribution in [2.45, 2.75) is 6.42 Å². The van der Waals surface area contributed by atoms with Gasteiger partial charge in [0.05, 0.1) is 5.69 Å². The largest absolute Gasteiger partial charge is 0.385 e. The molecule has 0 radical (unpaired) electrons. The topological polar surface area (TPSA) is 57.7 Å². The molecule has 27 heavy (non-hydrogen) atoms. The van der Waals surface area contributed by atoms with Gasteiger partial charge in [0.1, 0.15) is 11.5 Å². The lowest BCUT2D eigenvalue weighted by Gasteiger charge is -2.36. The molecule has 0 bridgehead atoms. The normalized spacial score (nSPS) is 14.3. The van der Waals surface area contributed by atoms with E-state index in [1.165, 1.54) is 6.07 Å². The Kier molecular flexibility index (Phi) is 6.59. The summed E-state index contributed by atoms with van der Waals surface area (Å²) in [6.07, 6.45) is 2.53. The van der Waals surface area contributed by atoms with Gasteiger partial charge in [-0.15, -0.1) is 0 Å². The van der Waals surface area contributed by atoms with E-state index >= 15 is 0 Å². The molecule has 1 aromatic heterocycles. The molecule has 1 aliphatic rings. The first kappa shape index (κ1) is 19.1. The highest BCUT2D eigenvalue weighted by Crippen LogP contribution is 2.21. The minimum absolute atomic E-state index is 0.0938. The van der Waals surface area contributed by atoms with Gasteiger partial charge in [-0.05, 0) is 30.7 Å². The lowest BCUT2D eigenvalue weighted by atomic mass is 10.2. The van der Waals surface area contributed by atoms with Crippen LogP contribution in [0.2, 0.25) is 0 Å². The third-order valence-corrected chi connectivity index (χ3v) is 4.59. The summed E-state index contributed by atoms with van der Waals surface area (Å²) in [5, 5.41) is 3.27. The number of hydrogen-bond donors (Lipinski definition) is 1. The van der Waals surface area contributed by atoms with Crippen molar-refractivity contribution in [1.29, 1.82) is 0 Å². The Morgan fingerprint density at radius 2 is 2.00 bits per heavy atom. The number of carbonyl (C=O) groups is 1. The molecule has 144 valence electrons. The highest BCUT2D eigenvalue weighted by atomic mass is 19.1. The van der Waals surface area contributed by atoms with E-state index in [-0.39, 0.29) is 11.7 Å². The van der Waals surface area contributed by atoms with E-state index in [0.717, 1.165) is 18.7 Å². The molecule has 2 aromatic rings. The van der Waals surface area contributed by atoms with Crippen LogP contribution in [0, 0.1) is 5.82 Å². The fourth-order valence-electron chi connectivity index (χ4n) is 3.13. The van der Waals surface area contributed by atoms with Crippen LogP contribution in [-0.4, -0.2) is 62.2 Å². The van der Waals surface area contributed by atoms with E-state index in [0.29, 0.717) is 44.2 Å². The Morgan fingerprint density at radius 3 is 2.74 bits per heavy atom. The number of piperazine rings is 1. The molecule has 0 spiro atoms. The van der Waals surface area contributed by atoms with Crippen molar-refractivity contribution in [3.63, 3.8) is 0 Å². The summed E-state index contributed by atoms with van der Waals surface area (Å²) in [5.74, 6) is -0.324. The van der Waals surface area contributed by atoms with Crippen LogP contribution in [0.3, 0.4) is 0 Å². The van der Waals surface area contributed by atoms with E-state index in [1.54, 1.807) is 36.4 Å². The molecule has 2 heterocycles. The van der Waals surface area contributed by atoms with Crippen molar-refractivity contribution in [2.24, 2.45) is 0 Å². The minimum atomic E-state index is -0.230. The smallest absolute Gasteiger partial charge is 0.272 e. The SMILES string of the molecule is COCCCNc1ccnc(C(=O)N2CCN(c3ccccc3F)CC2)c1. The maximum absolute atomic E-state index is 13.9. The second-order valence-corrected chi connectivity index (χ2v) is 6.43. The van der Waals surface area contributed by atoms with E-state index in [1.807, 2.05) is 17.0 Å². The van der Waals surface area contributed by atoms with Crippen LogP contribution in [0.25, 0.3) is 0 Å². The number of benzene rings is 1. The van der Waals surface area contributed by atoms with Gasteiger partial charge < -0.3 is 19.9 Å². The number of ether oxygens (including phenoxy) is 1. The number of nitrogens with zero attached hydrogens (tertiary/aromatic N) is 3. The van der Waals surface area contributed by atoms with E-state index < -0.39 is 0 Å². The monoisotopic (exact) mass is 372 g/mol. The standard InChI is InChI=1S/C20H25FN4O2/c1-27-14-4-8-22-16-7-9-23-18(15-16)20(26)25-12-10-24(11-13-25)19-6-3-2-5-17(19)21/h2-3,5-7,9,15H,4,8,10-14H2,1H3,(H,22,23). The van der Waals surface area contributed by atoms with Gasteiger partial charge in [-0.2, -0.15) is 0 Å². The van der Waals surface area contributed by atoms with Crippen molar-refractivity contribution < 1.29 is 13.9 Å². The quantitative estimate of drug-likeness (QED) is 0.757. The van der Waals surface area contributed by atoms with Gasteiger partial charge in [0.15, 0.2) is 0 Å². The average Bonchev–Trinajstić information content (AvgIpc) is 2.71. The number of pyridine rings is 1. The van der Waals surface area contributed by atoms with Gasteiger partial charge in [0.2, 0.25) is 0 Å². The fraction of sp³-hybridized carbons (Fsp3) is 0.400. The van der Waals surface area contributed by atoms with Gasteiger partial charge in [0.25, 0.3) is 5.91 Å². The highest BCUT2D eigenvalue weighted by molar-refractivity contribution is 5.93. The lowest BCUT2D eigenvalue weighted by Crippen LogP contribution is -2.49. The van der Waals surface area contributed by atoms with Crippen molar-refractivity contribution in [2.75, 3.05) is 56.7 Å². The van der Waals surface area contributed by atoms with Gasteiger partial charge in [-0.3, -0.25) is 9.78 Å². The van der Waals surface area contributed by atoms with Crippen LogP contribution >= 0.6 is 0 Å². The van der Waals surface area contributed by atoms with E-state index in [4.69, 9.17) is 4.74 Å². The van der Waals surface area contributed by atoms with Crippen LogP contribution in [0.15, 0.2) is 42.6 Å². The third kappa shape index (κ3) is 4.95. The number of nitrogens with one attached hydrogen (secondary N) is 1. The van der Waals surface area contributed by atoms with Gasteiger partial charge >= 0.3 is 0 Å². The molecule has 0 aliphatic carbocycles. The first-order chi connectivity index (χ1) is 13.2. The van der Waals surface area contributed by atoms with Crippen molar-refractivity contribution in [3.05, 3.63) is 54.1 Å². The highest BCUT2D eigenvalue weighted by Gasteiger charge is 2.24. The van der Waals surface area contributed by atoms with Crippen LogP contribution in [-0.2, 0) is 4.74 Å². The Labute approximate surface area is 158 Å². The predicted octanol–water partition coefficient (Wildman–Crippen LogP) is 2.63. The van der Waals surface area contributed by atoms with Crippen LogP contribution in [0.4, 0.5) is 15.8 Å². The summed E-state index contributed by atoms with van der Waals surface area (Å²) in [5.41, 5.74) is 1.88. The van der Waals surface area contributed by atoms with Gasteiger partial charge in [0, 0.05) is 58.3 Å². The molecule has 1 N–H and O–H groups in total. The zero-order valence-electron chi connectivity index (χ0n) is 15.5.